The second-order valence-corrected chi connectivity index (χ2v) is 5.87. The van der Waals surface area contributed by atoms with Gasteiger partial charge < -0.3 is 9.88 Å². The first kappa shape index (κ1) is 15.4. The van der Waals surface area contributed by atoms with Crippen LogP contribution < -0.4 is 5.32 Å². The molecule has 2 aromatic heterocycles. The Labute approximate surface area is 137 Å². The minimum Gasteiger partial charge on any atom is -0.329 e. The third-order valence-corrected chi connectivity index (χ3v) is 3.98. The van der Waals surface area contributed by atoms with Crippen LogP contribution in [0.15, 0.2) is 55.1 Å². The maximum Gasteiger partial charge on any atom is 0.122 e. The Morgan fingerprint density at radius 3 is 2.83 bits per heavy atom. The zero-order valence-corrected chi connectivity index (χ0v) is 13.7. The average molecular weight is 306 g/mol. The van der Waals surface area contributed by atoms with E-state index in [1.165, 1.54) is 22.3 Å². The van der Waals surface area contributed by atoms with Crippen molar-refractivity contribution in [2.75, 3.05) is 0 Å². The number of rotatable bonds is 6. The van der Waals surface area contributed by atoms with Crippen LogP contribution in [0.2, 0.25) is 0 Å². The fraction of sp³-hybridized carbons (Fsp3) is 0.263. The Morgan fingerprint density at radius 2 is 2.00 bits per heavy atom. The van der Waals surface area contributed by atoms with Gasteiger partial charge in [0.05, 0.1) is 6.54 Å². The second-order valence-electron chi connectivity index (χ2n) is 5.87. The van der Waals surface area contributed by atoms with Crippen LogP contribution in [-0.2, 0) is 19.6 Å². The van der Waals surface area contributed by atoms with Crippen molar-refractivity contribution in [3.05, 3.63) is 83.2 Å². The highest BCUT2D eigenvalue weighted by Gasteiger charge is 2.05. The minimum atomic E-state index is 0.743. The molecular formula is C19H22N4. The molecule has 3 rings (SSSR count). The Kier molecular flexibility index (Phi) is 4.83. The van der Waals surface area contributed by atoms with E-state index in [4.69, 9.17) is 0 Å². The number of hydrogen-bond acceptors (Lipinski definition) is 3. The van der Waals surface area contributed by atoms with Crippen LogP contribution in [0.5, 0.6) is 0 Å². The third-order valence-electron chi connectivity index (χ3n) is 3.98. The molecule has 0 saturated carbocycles. The van der Waals surface area contributed by atoms with Gasteiger partial charge in [-0.25, -0.2) is 4.98 Å². The lowest BCUT2D eigenvalue weighted by atomic mass is 10.1. The predicted octanol–water partition coefficient (Wildman–Crippen LogP) is 3.23. The van der Waals surface area contributed by atoms with Gasteiger partial charge in [-0.05, 0) is 36.6 Å². The van der Waals surface area contributed by atoms with Gasteiger partial charge in [-0.1, -0.05) is 29.8 Å². The molecule has 1 N–H and O–H groups in total. The summed E-state index contributed by atoms with van der Waals surface area (Å²) in [7, 11) is 0. The molecule has 23 heavy (non-hydrogen) atoms. The van der Waals surface area contributed by atoms with Crippen LogP contribution in [0.1, 0.15) is 28.1 Å². The molecule has 0 saturated heterocycles. The molecule has 0 bridgehead atoms. The lowest BCUT2D eigenvalue weighted by Crippen LogP contribution is -2.17. The predicted molar refractivity (Wildman–Crippen MR) is 92.0 cm³/mol. The van der Waals surface area contributed by atoms with Crippen molar-refractivity contribution in [3.8, 4) is 0 Å². The molecule has 3 aromatic rings. The minimum absolute atomic E-state index is 0.743. The summed E-state index contributed by atoms with van der Waals surface area (Å²) in [6.07, 6.45) is 7.59. The molecule has 0 aliphatic rings. The van der Waals surface area contributed by atoms with Crippen molar-refractivity contribution in [1.82, 2.24) is 19.9 Å². The van der Waals surface area contributed by atoms with Crippen LogP contribution in [0, 0.1) is 13.8 Å². The van der Waals surface area contributed by atoms with Crippen LogP contribution in [0.3, 0.4) is 0 Å². The van der Waals surface area contributed by atoms with E-state index in [0.717, 1.165) is 25.5 Å². The normalized spacial score (nSPS) is 10.9. The van der Waals surface area contributed by atoms with Gasteiger partial charge in [0.1, 0.15) is 5.82 Å². The molecule has 0 unspecified atom stereocenters. The van der Waals surface area contributed by atoms with E-state index in [1.807, 2.05) is 24.7 Å². The molecule has 4 nitrogen and oxygen atoms in total. The Morgan fingerprint density at radius 1 is 1.09 bits per heavy atom. The summed E-state index contributed by atoms with van der Waals surface area (Å²) in [5, 5.41) is 3.43. The van der Waals surface area contributed by atoms with E-state index < -0.39 is 0 Å². The zero-order chi connectivity index (χ0) is 16.1. The molecule has 1 aromatic carbocycles. The van der Waals surface area contributed by atoms with Gasteiger partial charge in [0.25, 0.3) is 0 Å². The molecular weight excluding hydrogens is 284 g/mol. The van der Waals surface area contributed by atoms with E-state index in [0.29, 0.717) is 0 Å². The lowest BCUT2D eigenvalue weighted by Gasteiger charge is -2.12. The van der Waals surface area contributed by atoms with Gasteiger partial charge >= 0.3 is 0 Å². The molecule has 4 heteroatoms. The highest BCUT2D eigenvalue weighted by atomic mass is 15.1. The summed E-state index contributed by atoms with van der Waals surface area (Å²) in [4.78, 5) is 8.61. The summed E-state index contributed by atoms with van der Waals surface area (Å²) in [6, 6.07) is 10.6. The van der Waals surface area contributed by atoms with E-state index in [2.05, 4.69) is 58.0 Å². The molecule has 0 atom stereocenters. The van der Waals surface area contributed by atoms with Crippen molar-refractivity contribution < 1.29 is 0 Å². The number of aryl methyl sites for hydroxylation is 2. The van der Waals surface area contributed by atoms with Crippen LogP contribution >= 0.6 is 0 Å². The third kappa shape index (κ3) is 4.05. The maximum atomic E-state index is 4.48. The summed E-state index contributed by atoms with van der Waals surface area (Å²) in [6.45, 7) is 6.69. The lowest BCUT2D eigenvalue weighted by molar-refractivity contribution is 0.620. The number of aromatic nitrogens is 3. The second kappa shape index (κ2) is 7.20. The van der Waals surface area contributed by atoms with E-state index in [1.54, 1.807) is 6.20 Å². The fourth-order valence-electron chi connectivity index (χ4n) is 2.63. The standard InChI is InChI=1S/C19H22N4/c1-15-5-6-16(2)18(10-15)14-23-9-8-22-19(23)13-21-12-17-4-3-7-20-11-17/h3-11,21H,12-14H2,1-2H3. The maximum absolute atomic E-state index is 4.48. The van der Waals surface area contributed by atoms with Gasteiger partial charge in [-0.15, -0.1) is 0 Å². The number of imidazole rings is 1. The zero-order valence-electron chi connectivity index (χ0n) is 13.7. The first-order chi connectivity index (χ1) is 11.2. The van der Waals surface area contributed by atoms with E-state index in [9.17, 15) is 0 Å². The number of benzene rings is 1. The first-order valence-corrected chi connectivity index (χ1v) is 7.88. The number of pyridine rings is 1. The quantitative estimate of drug-likeness (QED) is 0.760. The molecule has 0 aliphatic carbocycles. The van der Waals surface area contributed by atoms with Crippen LogP contribution in [0.4, 0.5) is 0 Å². The highest BCUT2D eigenvalue weighted by molar-refractivity contribution is 5.30. The summed E-state index contributed by atoms with van der Waals surface area (Å²) in [5.41, 5.74) is 5.14. The number of nitrogens with one attached hydrogen (secondary N) is 1. The van der Waals surface area contributed by atoms with E-state index in [-0.39, 0.29) is 0 Å². The molecule has 0 radical (unpaired) electrons. The Hall–Kier alpha value is -2.46. The van der Waals surface area contributed by atoms with Gasteiger partial charge in [0.2, 0.25) is 0 Å². The molecule has 118 valence electrons. The Bertz CT molecular complexity index is 762. The average Bonchev–Trinajstić information content (AvgIpc) is 2.99. The van der Waals surface area contributed by atoms with E-state index >= 15 is 0 Å². The molecule has 0 amide bonds. The van der Waals surface area contributed by atoms with Gasteiger partial charge in [-0.3, -0.25) is 4.98 Å². The van der Waals surface area contributed by atoms with Crippen molar-refractivity contribution >= 4 is 0 Å². The van der Waals surface area contributed by atoms with Crippen LogP contribution in [0.25, 0.3) is 0 Å². The monoisotopic (exact) mass is 306 g/mol. The molecule has 2 heterocycles. The first-order valence-electron chi connectivity index (χ1n) is 7.88. The summed E-state index contributed by atoms with van der Waals surface area (Å²) >= 11 is 0. The molecule has 0 fully saturated rings. The largest absolute Gasteiger partial charge is 0.329 e. The molecule has 0 spiro atoms. The Balaban J connectivity index is 1.64. The van der Waals surface area contributed by atoms with Crippen molar-refractivity contribution in [3.63, 3.8) is 0 Å². The number of hydrogen-bond donors (Lipinski definition) is 1. The highest BCUT2D eigenvalue weighted by Crippen LogP contribution is 2.13. The van der Waals surface area contributed by atoms with Gasteiger partial charge in [0, 0.05) is 37.9 Å². The summed E-state index contributed by atoms with van der Waals surface area (Å²) in [5.74, 6) is 1.05. The van der Waals surface area contributed by atoms with Crippen LogP contribution in [-0.4, -0.2) is 14.5 Å². The SMILES string of the molecule is Cc1ccc(C)c(Cn2ccnc2CNCc2cccnc2)c1. The summed E-state index contributed by atoms with van der Waals surface area (Å²) < 4.78 is 2.21. The topological polar surface area (TPSA) is 42.7 Å². The van der Waals surface area contributed by atoms with Crippen molar-refractivity contribution in [2.24, 2.45) is 0 Å². The number of nitrogens with zero attached hydrogens (tertiary/aromatic N) is 3. The smallest absolute Gasteiger partial charge is 0.122 e. The van der Waals surface area contributed by atoms with Gasteiger partial charge in [0.15, 0.2) is 0 Å². The van der Waals surface area contributed by atoms with Gasteiger partial charge in [-0.2, -0.15) is 0 Å². The van der Waals surface area contributed by atoms with Crippen molar-refractivity contribution in [1.29, 1.82) is 0 Å². The van der Waals surface area contributed by atoms with Crippen molar-refractivity contribution in [2.45, 2.75) is 33.5 Å². The molecule has 0 aliphatic heterocycles. The fourth-order valence-corrected chi connectivity index (χ4v) is 2.63.